The fourth-order valence-corrected chi connectivity index (χ4v) is 3.42. The van der Waals surface area contributed by atoms with Gasteiger partial charge in [0.15, 0.2) is 0 Å². The molecule has 17 heteroatoms. The van der Waals surface area contributed by atoms with Crippen molar-refractivity contribution in [3.8, 4) is 0 Å². The summed E-state index contributed by atoms with van der Waals surface area (Å²) >= 11 is 0. The number of nitrogens with one attached hydrogen (secondary N) is 1. The van der Waals surface area contributed by atoms with Crippen LogP contribution in [0.4, 0.5) is 37.7 Å². The summed E-state index contributed by atoms with van der Waals surface area (Å²) in [4.78, 5) is 60.8. The summed E-state index contributed by atoms with van der Waals surface area (Å²) in [7, 11) is 0. The van der Waals surface area contributed by atoms with Gasteiger partial charge in [0, 0.05) is 17.8 Å². The van der Waals surface area contributed by atoms with Crippen LogP contribution in [0, 0.1) is 10.1 Å². The van der Waals surface area contributed by atoms with Gasteiger partial charge in [-0.05, 0) is 42.5 Å². The predicted octanol–water partition coefficient (Wildman–Crippen LogP) is 5.11. The zero-order valence-corrected chi connectivity index (χ0v) is 21.0. The lowest BCUT2D eigenvalue weighted by Gasteiger charge is -2.24. The van der Waals surface area contributed by atoms with Crippen LogP contribution in [0.15, 0.2) is 72.8 Å². The Labute approximate surface area is 235 Å². The smallest absolute Gasteiger partial charge is 0.416 e. The molecule has 43 heavy (non-hydrogen) atoms. The molecular formula is C26H16F6N2O9. The fourth-order valence-electron chi connectivity index (χ4n) is 3.42. The number of carbonyl (C=O) groups excluding carboxylic acids is 3. The van der Waals surface area contributed by atoms with E-state index < -0.39 is 81.2 Å². The van der Waals surface area contributed by atoms with Crippen molar-refractivity contribution >= 4 is 35.2 Å². The van der Waals surface area contributed by atoms with Crippen molar-refractivity contribution in [3.63, 3.8) is 0 Å². The molecule has 0 aromatic heterocycles. The number of hydrogen-bond acceptors (Lipinski definition) is 8. The molecule has 2 N–H and O–H groups in total. The number of nitro benzene ring substituents is 1. The molecule has 11 nitrogen and oxygen atoms in total. The molecule has 3 aromatic rings. The molecule has 0 saturated carbocycles. The van der Waals surface area contributed by atoms with Crippen LogP contribution in [0.25, 0.3) is 0 Å². The molecule has 0 unspecified atom stereocenters. The van der Waals surface area contributed by atoms with E-state index in [1.807, 2.05) is 5.32 Å². The Balaban J connectivity index is 1.99. The van der Waals surface area contributed by atoms with Gasteiger partial charge in [0.05, 0.1) is 27.2 Å². The standard InChI is InChI=1S/C26H16F6N2O9/c27-25(28,29)15-6-1-4-13(10-15)23(38)42-19(21(35)33-17-8-3-9-18(12-17)34(40)41)20(22(36)37)43-24(39)14-5-2-7-16(11-14)26(30,31)32/h1-12,19-20H,(H,33,35)(H,36,37)/t19-,20+/m1/s1. The molecular weight excluding hydrogens is 598 g/mol. The van der Waals surface area contributed by atoms with Gasteiger partial charge in [-0.15, -0.1) is 0 Å². The highest BCUT2D eigenvalue weighted by Gasteiger charge is 2.42. The lowest BCUT2D eigenvalue weighted by Crippen LogP contribution is -2.48. The number of esters is 2. The first kappa shape index (κ1) is 32.0. The molecule has 0 heterocycles. The molecule has 0 saturated heterocycles. The summed E-state index contributed by atoms with van der Waals surface area (Å²) in [5, 5.41) is 22.8. The van der Waals surface area contributed by atoms with Crippen LogP contribution < -0.4 is 5.32 Å². The normalized spacial score (nSPS) is 12.9. The van der Waals surface area contributed by atoms with Crippen LogP contribution in [0.5, 0.6) is 0 Å². The molecule has 3 aromatic carbocycles. The monoisotopic (exact) mass is 614 g/mol. The van der Waals surface area contributed by atoms with Gasteiger partial charge in [0.2, 0.25) is 12.2 Å². The Kier molecular flexibility index (Phi) is 9.37. The van der Waals surface area contributed by atoms with Gasteiger partial charge in [-0.3, -0.25) is 14.9 Å². The van der Waals surface area contributed by atoms with Crippen LogP contribution in [0.3, 0.4) is 0 Å². The van der Waals surface area contributed by atoms with Crippen molar-refractivity contribution in [3.05, 3.63) is 105 Å². The van der Waals surface area contributed by atoms with Gasteiger partial charge >= 0.3 is 30.3 Å². The van der Waals surface area contributed by atoms with E-state index in [2.05, 4.69) is 0 Å². The molecule has 0 radical (unpaired) electrons. The average molecular weight is 614 g/mol. The first-order valence-corrected chi connectivity index (χ1v) is 11.5. The third-order valence-electron chi connectivity index (χ3n) is 5.42. The van der Waals surface area contributed by atoms with E-state index in [1.54, 1.807) is 0 Å². The largest absolute Gasteiger partial charge is 0.478 e. The van der Waals surface area contributed by atoms with Crippen molar-refractivity contribution in [1.29, 1.82) is 0 Å². The number of hydrogen-bond donors (Lipinski definition) is 2. The number of halogens is 6. The van der Waals surface area contributed by atoms with Gasteiger partial charge < -0.3 is 19.9 Å². The Morgan fingerprint density at radius 3 is 1.65 bits per heavy atom. The summed E-state index contributed by atoms with van der Waals surface area (Å²) in [5.74, 6) is -7.13. The zero-order valence-electron chi connectivity index (χ0n) is 21.0. The van der Waals surface area contributed by atoms with Crippen molar-refractivity contribution in [2.45, 2.75) is 24.6 Å². The Morgan fingerprint density at radius 1 is 0.744 bits per heavy atom. The lowest BCUT2D eigenvalue weighted by molar-refractivity contribution is -0.384. The molecule has 0 aliphatic heterocycles. The second-order valence-electron chi connectivity index (χ2n) is 8.44. The third kappa shape index (κ3) is 8.27. The summed E-state index contributed by atoms with van der Waals surface area (Å²) in [5.41, 5.74) is -5.14. The Morgan fingerprint density at radius 2 is 1.21 bits per heavy atom. The molecule has 2 atom stereocenters. The number of benzene rings is 3. The van der Waals surface area contributed by atoms with Crippen LogP contribution in [-0.2, 0) is 31.4 Å². The number of carboxylic acids is 1. The number of anilines is 1. The number of amides is 1. The minimum Gasteiger partial charge on any atom is -0.478 e. The number of carbonyl (C=O) groups is 4. The van der Waals surface area contributed by atoms with E-state index in [9.17, 15) is 60.7 Å². The molecule has 0 bridgehead atoms. The fraction of sp³-hybridized carbons (Fsp3) is 0.154. The van der Waals surface area contributed by atoms with E-state index in [4.69, 9.17) is 9.47 Å². The first-order valence-electron chi connectivity index (χ1n) is 11.5. The van der Waals surface area contributed by atoms with Gasteiger partial charge in [0.25, 0.3) is 11.6 Å². The van der Waals surface area contributed by atoms with Gasteiger partial charge in [-0.2, -0.15) is 26.3 Å². The summed E-state index contributed by atoms with van der Waals surface area (Å²) in [6.07, 6.45) is -15.3. The highest BCUT2D eigenvalue weighted by atomic mass is 19.4. The first-order chi connectivity index (χ1) is 20.0. The molecule has 0 spiro atoms. The molecule has 0 aliphatic carbocycles. The summed E-state index contributed by atoms with van der Waals surface area (Å²) in [6, 6.07) is 9.14. The lowest BCUT2D eigenvalue weighted by atomic mass is 10.1. The van der Waals surface area contributed by atoms with Gasteiger partial charge in [-0.25, -0.2) is 14.4 Å². The molecule has 226 valence electrons. The Hall–Kier alpha value is -5.48. The van der Waals surface area contributed by atoms with Crippen LogP contribution in [0.2, 0.25) is 0 Å². The van der Waals surface area contributed by atoms with Crippen LogP contribution >= 0.6 is 0 Å². The third-order valence-corrected chi connectivity index (χ3v) is 5.42. The van der Waals surface area contributed by atoms with E-state index in [0.717, 1.165) is 48.5 Å². The number of rotatable bonds is 9. The number of carboxylic acid groups (broad SMARTS) is 1. The van der Waals surface area contributed by atoms with Crippen LogP contribution in [-0.4, -0.2) is 46.1 Å². The second-order valence-corrected chi connectivity index (χ2v) is 8.44. The zero-order chi connectivity index (χ0) is 32.1. The summed E-state index contributed by atoms with van der Waals surface area (Å²) in [6.45, 7) is 0. The van der Waals surface area contributed by atoms with Crippen molar-refractivity contribution < 1.29 is 65.0 Å². The molecule has 0 fully saturated rings. The van der Waals surface area contributed by atoms with Crippen molar-refractivity contribution in [2.24, 2.45) is 0 Å². The second kappa shape index (κ2) is 12.6. The highest BCUT2D eigenvalue weighted by Crippen LogP contribution is 2.31. The van der Waals surface area contributed by atoms with E-state index in [0.29, 0.717) is 24.3 Å². The predicted molar refractivity (Wildman–Crippen MR) is 131 cm³/mol. The molecule has 3 rings (SSSR count). The maximum Gasteiger partial charge on any atom is 0.416 e. The number of non-ortho nitro benzene ring substituents is 1. The topological polar surface area (TPSA) is 162 Å². The average Bonchev–Trinajstić information content (AvgIpc) is 2.93. The van der Waals surface area contributed by atoms with Crippen LogP contribution in [0.1, 0.15) is 31.8 Å². The summed E-state index contributed by atoms with van der Waals surface area (Å²) < 4.78 is 88.2. The number of aliphatic carboxylic acids is 1. The Bertz CT molecular complexity index is 1570. The van der Waals surface area contributed by atoms with Crippen molar-refractivity contribution in [2.75, 3.05) is 5.32 Å². The maximum absolute atomic E-state index is 13.1. The highest BCUT2D eigenvalue weighted by molar-refractivity contribution is 6.01. The van der Waals surface area contributed by atoms with Crippen molar-refractivity contribution in [1.82, 2.24) is 0 Å². The number of nitrogens with zero attached hydrogens (tertiary/aromatic N) is 1. The minimum absolute atomic E-state index is 0.314. The molecule has 0 aliphatic rings. The van der Waals surface area contributed by atoms with E-state index >= 15 is 0 Å². The van der Waals surface area contributed by atoms with E-state index in [1.165, 1.54) is 0 Å². The SMILES string of the molecule is O=C(O[C@H](C(=O)O)[C@@H](OC(=O)c1cccc(C(F)(F)F)c1)C(=O)Nc1cccc([N+](=O)[O-])c1)c1cccc(C(F)(F)F)c1. The number of nitro groups is 1. The molecule has 1 amide bonds. The maximum atomic E-state index is 13.1. The van der Waals surface area contributed by atoms with E-state index in [-0.39, 0.29) is 5.69 Å². The van der Waals surface area contributed by atoms with Gasteiger partial charge in [0.1, 0.15) is 0 Å². The minimum atomic E-state index is -4.92. The number of ether oxygens (including phenoxy) is 2. The number of alkyl halides is 6. The van der Waals surface area contributed by atoms with Gasteiger partial charge in [-0.1, -0.05) is 18.2 Å². The quantitative estimate of drug-likeness (QED) is 0.144.